The van der Waals surface area contributed by atoms with Crippen LogP contribution < -0.4 is 0 Å². The van der Waals surface area contributed by atoms with E-state index in [1.165, 1.54) is 117 Å². The molecule has 0 aromatic rings. The number of piperidine rings is 2. The van der Waals surface area contributed by atoms with Crippen LogP contribution in [0.25, 0.3) is 4.85 Å². The number of ether oxygens (including phenoxy) is 1. The van der Waals surface area contributed by atoms with Gasteiger partial charge in [-0.25, -0.2) is 6.57 Å². The Morgan fingerprint density at radius 3 is 1.30 bits per heavy atom. The predicted octanol–water partition coefficient (Wildman–Crippen LogP) is 4.32. The van der Waals surface area contributed by atoms with Crippen LogP contribution in [0.3, 0.4) is 0 Å². The number of methoxy groups -OCH3 is 1. The second kappa shape index (κ2) is 17.9. The first-order valence-corrected chi connectivity index (χ1v) is 18.4. The molecular weight excluding hydrogens is 546 g/mol. The van der Waals surface area contributed by atoms with E-state index in [9.17, 15) is 0 Å². The molecule has 0 radical (unpaired) electrons. The number of nitrogens with zero attached hydrogens (tertiary/aromatic N) is 7. The summed E-state index contributed by atoms with van der Waals surface area (Å²) in [6.07, 6.45) is 8.28. The van der Waals surface area contributed by atoms with Crippen molar-refractivity contribution in [3.05, 3.63) is 11.4 Å². The summed E-state index contributed by atoms with van der Waals surface area (Å²) in [7, 11) is 1.81. The van der Waals surface area contributed by atoms with Crippen LogP contribution in [-0.4, -0.2) is 164 Å². The van der Waals surface area contributed by atoms with Gasteiger partial charge in [0.25, 0.3) is 0 Å². The van der Waals surface area contributed by atoms with Crippen molar-refractivity contribution in [2.45, 2.75) is 116 Å². The normalized spacial score (nSPS) is 26.6. The van der Waals surface area contributed by atoms with Crippen LogP contribution in [0.5, 0.6) is 0 Å². The summed E-state index contributed by atoms with van der Waals surface area (Å²) in [5.41, 5.74) is 0. The van der Waals surface area contributed by atoms with Crippen LogP contribution in [0.2, 0.25) is 0 Å². The topological polar surface area (TPSA) is 33.0 Å². The van der Waals surface area contributed by atoms with Crippen molar-refractivity contribution < 1.29 is 4.74 Å². The lowest BCUT2D eigenvalue weighted by Crippen LogP contribution is -2.56. The Bertz CT molecular complexity index is 812. The molecule has 0 N–H and O–H groups in total. The zero-order chi connectivity index (χ0) is 31.6. The van der Waals surface area contributed by atoms with Crippen LogP contribution >= 0.6 is 0 Å². The number of likely N-dealkylation sites (tertiary alicyclic amines) is 4. The summed E-state index contributed by atoms with van der Waals surface area (Å²) < 4.78 is 5.20. The molecular formula is C36H69N7O. The number of hydrogen-bond acceptors (Lipinski definition) is 7. The lowest BCUT2D eigenvalue weighted by Gasteiger charge is -2.47. The van der Waals surface area contributed by atoms with E-state index in [1.54, 1.807) is 0 Å². The van der Waals surface area contributed by atoms with Crippen LogP contribution in [0.15, 0.2) is 0 Å². The van der Waals surface area contributed by atoms with Crippen molar-refractivity contribution in [2.75, 3.05) is 98.8 Å². The number of hydrogen-bond donors (Lipinski definition) is 0. The number of rotatable bonds is 9. The minimum atomic E-state index is 0.667. The highest BCUT2D eigenvalue weighted by Gasteiger charge is 2.36. The Morgan fingerprint density at radius 2 is 0.932 bits per heavy atom. The van der Waals surface area contributed by atoms with Crippen LogP contribution in [0.4, 0.5) is 0 Å². The van der Waals surface area contributed by atoms with Crippen LogP contribution in [-0.2, 0) is 4.74 Å². The van der Waals surface area contributed by atoms with Gasteiger partial charge in [-0.3, -0.25) is 19.6 Å². The minimum Gasteiger partial charge on any atom is -0.384 e. The summed E-state index contributed by atoms with van der Waals surface area (Å²) >= 11 is 0. The van der Waals surface area contributed by atoms with E-state index in [0.717, 1.165) is 49.3 Å². The van der Waals surface area contributed by atoms with E-state index < -0.39 is 0 Å². The van der Waals surface area contributed by atoms with Crippen LogP contribution in [0.1, 0.15) is 80.1 Å². The van der Waals surface area contributed by atoms with Crippen molar-refractivity contribution in [3.63, 3.8) is 0 Å². The largest absolute Gasteiger partial charge is 0.384 e. The van der Waals surface area contributed by atoms with E-state index in [4.69, 9.17) is 11.3 Å². The number of piperazine rings is 1. The Hall–Kier alpha value is -0.790. The molecule has 6 rings (SSSR count). The van der Waals surface area contributed by atoms with Gasteiger partial charge in [0.2, 0.25) is 6.54 Å². The van der Waals surface area contributed by atoms with Crippen molar-refractivity contribution in [1.29, 1.82) is 0 Å². The standard InChI is InChI=1S/C13H23N3.C13H26N2O.C10H20N2/c1-11(2)15-6-4-13(5-7-15)16-9-12(10-16)8-14-3;1-11(2)14-6-4-13(5-7-14)15-8-12(9-15)10-16-3;1-9(2)11-5-7-12(8-6-11)10-3-4-10/h11-13H,4-10H2,1-2H3;11-13H,4-10H2,1-3H3;9-10H,3-8H2,1-2H3. The fourth-order valence-corrected chi connectivity index (χ4v) is 7.99. The van der Waals surface area contributed by atoms with Crippen LogP contribution in [0, 0.1) is 18.4 Å². The van der Waals surface area contributed by atoms with Crippen molar-refractivity contribution >= 4 is 0 Å². The SMILES string of the molecule is CC(C)N1CCN(C2CC2)CC1.COCC1CN(C2CCN(C(C)C)CC2)C1.[C-]#[N+]CC1CN(C2CCN(C(C)C)CC2)C1. The molecule has 0 spiro atoms. The first kappa shape index (κ1) is 36.1. The average molecular weight is 616 g/mol. The van der Waals surface area contributed by atoms with Crippen molar-refractivity contribution in [2.24, 2.45) is 11.8 Å². The van der Waals surface area contributed by atoms with Crippen molar-refractivity contribution in [1.82, 2.24) is 29.4 Å². The van der Waals surface area contributed by atoms with Gasteiger partial charge >= 0.3 is 0 Å². The third-order valence-electron chi connectivity index (χ3n) is 11.4. The molecule has 0 unspecified atom stereocenters. The maximum Gasteiger partial charge on any atom is 0.219 e. The second-order valence-corrected chi connectivity index (χ2v) is 15.6. The highest BCUT2D eigenvalue weighted by atomic mass is 16.5. The molecule has 5 saturated heterocycles. The smallest absolute Gasteiger partial charge is 0.219 e. The van der Waals surface area contributed by atoms with Gasteiger partial charge in [0, 0.05) is 102 Å². The molecule has 44 heavy (non-hydrogen) atoms. The molecule has 8 heteroatoms. The molecule has 0 aromatic carbocycles. The average Bonchev–Trinajstić information content (AvgIpc) is 3.83. The molecule has 1 saturated carbocycles. The molecule has 6 fully saturated rings. The maximum atomic E-state index is 6.85. The quantitative estimate of drug-likeness (QED) is 0.358. The molecule has 254 valence electrons. The Balaban J connectivity index is 0.000000152. The van der Waals surface area contributed by atoms with E-state index in [2.05, 4.69) is 75.8 Å². The van der Waals surface area contributed by atoms with E-state index in [0.29, 0.717) is 12.0 Å². The van der Waals surface area contributed by atoms with Gasteiger partial charge in [-0.05, 0) is 106 Å². The molecule has 1 aliphatic carbocycles. The van der Waals surface area contributed by atoms with E-state index >= 15 is 0 Å². The van der Waals surface area contributed by atoms with Crippen molar-refractivity contribution in [3.8, 4) is 0 Å². The third-order valence-corrected chi connectivity index (χ3v) is 11.4. The van der Waals surface area contributed by atoms with Gasteiger partial charge in [0.1, 0.15) is 0 Å². The van der Waals surface area contributed by atoms with Gasteiger partial charge in [0.05, 0.1) is 12.5 Å². The Labute approximate surface area is 272 Å². The summed E-state index contributed by atoms with van der Waals surface area (Å²) in [4.78, 5) is 19.2. The molecule has 8 nitrogen and oxygen atoms in total. The molecule has 6 aliphatic rings. The van der Waals surface area contributed by atoms with E-state index in [-0.39, 0.29) is 0 Å². The zero-order valence-corrected chi connectivity index (χ0v) is 29.8. The third kappa shape index (κ3) is 10.9. The maximum absolute atomic E-state index is 6.85. The fourth-order valence-electron chi connectivity index (χ4n) is 7.99. The highest BCUT2D eigenvalue weighted by Crippen LogP contribution is 2.28. The fraction of sp³-hybridized carbons (Fsp3) is 0.972. The predicted molar refractivity (Wildman–Crippen MR) is 184 cm³/mol. The summed E-state index contributed by atoms with van der Waals surface area (Å²) in [6.45, 7) is 37.5. The lowest BCUT2D eigenvalue weighted by atomic mass is 9.93. The van der Waals surface area contributed by atoms with Gasteiger partial charge in [-0.1, -0.05) is 0 Å². The summed E-state index contributed by atoms with van der Waals surface area (Å²) in [5, 5.41) is 0. The highest BCUT2D eigenvalue weighted by molar-refractivity contribution is 4.92. The zero-order valence-electron chi connectivity index (χ0n) is 29.8. The molecule has 0 amide bonds. The second-order valence-electron chi connectivity index (χ2n) is 15.6. The summed E-state index contributed by atoms with van der Waals surface area (Å²) in [6, 6.07) is 4.79. The molecule has 5 heterocycles. The Kier molecular flexibility index (Phi) is 14.7. The summed E-state index contributed by atoms with van der Waals surface area (Å²) in [5.74, 6) is 1.47. The first-order valence-electron chi connectivity index (χ1n) is 18.4. The molecule has 0 bridgehead atoms. The van der Waals surface area contributed by atoms with E-state index in [1.807, 2.05) is 7.11 Å². The van der Waals surface area contributed by atoms with Gasteiger partial charge in [-0.2, -0.15) is 0 Å². The van der Waals surface area contributed by atoms with Gasteiger partial charge < -0.3 is 19.4 Å². The lowest BCUT2D eigenvalue weighted by molar-refractivity contribution is -0.0159. The van der Waals surface area contributed by atoms with Gasteiger partial charge in [0.15, 0.2) is 0 Å². The molecule has 0 aromatic heterocycles. The first-order chi connectivity index (χ1) is 21.2. The minimum absolute atomic E-state index is 0.667. The van der Waals surface area contributed by atoms with Gasteiger partial charge in [-0.15, -0.1) is 0 Å². The monoisotopic (exact) mass is 616 g/mol. The molecule has 5 aliphatic heterocycles. The molecule has 0 atom stereocenters. The Morgan fingerprint density at radius 1 is 0.545 bits per heavy atom.